The van der Waals surface area contributed by atoms with E-state index in [1.165, 1.54) is 5.56 Å². The van der Waals surface area contributed by atoms with Gasteiger partial charge in [-0.3, -0.25) is 0 Å². The molecule has 0 spiro atoms. The Morgan fingerprint density at radius 2 is 1.86 bits per heavy atom. The lowest BCUT2D eigenvalue weighted by Crippen LogP contribution is -2.15. The average Bonchev–Trinajstić information content (AvgIpc) is 2.15. The number of rotatable bonds is 4. The fourth-order valence-corrected chi connectivity index (χ4v) is 1.87. The van der Waals surface area contributed by atoms with Crippen molar-refractivity contribution in [3.8, 4) is 0 Å². The molecule has 1 aromatic rings. The van der Waals surface area contributed by atoms with Crippen LogP contribution in [0, 0.1) is 0 Å². The summed E-state index contributed by atoms with van der Waals surface area (Å²) >= 11 is 6.10. The van der Waals surface area contributed by atoms with Crippen LogP contribution in [-0.4, -0.2) is 6.04 Å². The minimum absolute atomic E-state index is 0.278. The fraction of sp³-hybridized carbons (Fsp3) is 0.500. The Morgan fingerprint density at radius 1 is 1.21 bits per heavy atom. The maximum absolute atomic E-state index is 6.10. The lowest BCUT2D eigenvalue weighted by atomic mass is 9.95. The van der Waals surface area contributed by atoms with Gasteiger partial charge in [0.05, 0.1) is 0 Å². The Balaban J connectivity index is 2.60. The molecule has 14 heavy (non-hydrogen) atoms. The molecule has 0 aromatic heterocycles. The van der Waals surface area contributed by atoms with Crippen molar-refractivity contribution in [1.82, 2.24) is 0 Å². The third-order valence-corrected chi connectivity index (χ3v) is 2.84. The largest absolute Gasteiger partial charge is 0.328 e. The van der Waals surface area contributed by atoms with E-state index in [0.29, 0.717) is 5.92 Å². The molecule has 2 N–H and O–H groups in total. The van der Waals surface area contributed by atoms with Crippen molar-refractivity contribution in [3.05, 3.63) is 34.9 Å². The number of hydrogen-bond acceptors (Lipinski definition) is 1. The van der Waals surface area contributed by atoms with Crippen LogP contribution < -0.4 is 5.73 Å². The maximum atomic E-state index is 6.10. The van der Waals surface area contributed by atoms with Crippen LogP contribution in [-0.2, 0) is 0 Å². The predicted octanol–water partition coefficient (Wildman–Crippen LogP) is 3.57. The fourth-order valence-electron chi connectivity index (χ4n) is 1.54. The monoisotopic (exact) mass is 211 g/mol. The lowest BCUT2D eigenvalue weighted by molar-refractivity contribution is 0.569. The molecule has 1 nitrogen and oxygen atoms in total. The van der Waals surface area contributed by atoms with Gasteiger partial charge in [-0.25, -0.2) is 0 Å². The van der Waals surface area contributed by atoms with Crippen LogP contribution >= 0.6 is 11.6 Å². The Bertz CT molecular complexity index is 283. The van der Waals surface area contributed by atoms with E-state index in [0.717, 1.165) is 17.9 Å². The van der Waals surface area contributed by atoms with E-state index in [1.807, 2.05) is 25.1 Å². The van der Waals surface area contributed by atoms with Gasteiger partial charge in [0.25, 0.3) is 0 Å². The smallest absolute Gasteiger partial charge is 0.0440 e. The number of halogens is 1. The zero-order valence-corrected chi connectivity index (χ0v) is 9.59. The Kier molecular flexibility index (Phi) is 4.43. The third kappa shape index (κ3) is 3.32. The number of hydrogen-bond donors (Lipinski definition) is 1. The second-order valence-electron chi connectivity index (χ2n) is 3.98. The zero-order valence-electron chi connectivity index (χ0n) is 8.83. The molecule has 1 aromatic carbocycles. The molecule has 78 valence electrons. The topological polar surface area (TPSA) is 26.0 Å². The standard InChI is InChI=1S/C12H18ClN/c1-9(7-8-10(2)14)11-5-3-4-6-12(11)13/h3-6,9-10H,7-8,14H2,1-2H3. The summed E-state index contributed by atoms with van der Waals surface area (Å²) in [6.07, 6.45) is 2.15. The van der Waals surface area contributed by atoms with Gasteiger partial charge < -0.3 is 5.73 Å². The first-order valence-corrected chi connectivity index (χ1v) is 5.49. The molecule has 0 heterocycles. The summed E-state index contributed by atoms with van der Waals surface area (Å²) in [7, 11) is 0. The van der Waals surface area contributed by atoms with Crippen molar-refractivity contribution in [2.24, 2.45) is 5.73 Å². The van der Waals surface area contributed by atoms with Crippen LogP contribution in [0.15, 0.2) is 24.3 Å². The van der Waals surface area contributed by atoms with Gasteiger partial charge in [-0.2, -0.15) is 0 Å². The third-order valence-electron chi connectivity index (χ3n) is 2.49. The first-order valence-electron chi connectivity index (χ1n) is 5.11. The van der Waals surface area contributed by atoms with E-state index in [4.69, 9.17) is 17.3 Å². The van der Waals surface area contributed by atoms with Crippen molar-refractivity contribution in [1.29, 1.82) is 0 Å². The van der Waals surface area contributed by atoms with Crippen molar-refractivity contribution in [2.45, 2.75) is 38.6 Å². The van der Waals surface area contributed by atoms with E-state index < -0.39 is 0 Å². The Morgan fingerprint density at radius 3 is 2.43 bits per heavy atom. The van der Waals surface area contributed by atoms with Crippen molar-refractivity contribution >= 4 is 11.6 Å². The van der Waals surface area contributed by atoms with Crippen LogP contribution in [0.1, 0.15) is 38.2 Å². The van der Waals surface area contributed by atoms with E-state index in [9.17, 15) is 0 Å². The van der Waals surface area contributed by atoms with Crippen LogP contribution in [0.5, 0.6) is 0 Å². The van der Waals surface area contributed by atoms with E-state index in [-0.39, 0.29) is 6.04 Å². The molecule has 1 rings (SSSR count). The molecule has 0 bridgehead atoms. The SMILES string of the molecule is CC(N)CCC(C)c1ccccc1Cl. The molecule has 0 aliphatic carbocycles. The van der Waals surface area contributed by atoms with Gasteiger partial charge in [-0.15, -0.1) is 0 Å². The summed E-state index contributed by atoms with van der Waals surface area (Å²) in [5.41, 5.74) is 6.96. The lowest BCUT2D eigenvalue weighted by Gasteiger charge is -2.14. The molecule has 0 saturated carbocycles. The van der Waals surface area contributed by atoms with Gasteiger partial charge in [0.15, 0.2) is 0 Å². The minimum Gasteiger partial charge on any atom is -0.328 e. The maximum Gasteiger partial charge on any atom is 0.0440 e. The Labute approximate surface area is 91.3 Å². The number of benzene rings is 1. The normalized spacial score (nSPS) is 15.1. The van der Waals surface area contributed by atoms with Gasteiger partial charge in [0, 0.05) is 11.1 Å². The first-order chi connectivity index (χ1) is 6.61. The molecule has 0 aliphatic rings. The summed E-state index contributed by atoms with van der Waals surface area (Å²) in [6, 6.07) is 8.31. The molecule has 2 unspecified atom stereocenters. The predicted molar refractivity (Wildman–Crippen MR) is 62.8 cm³/mol. The van der Waals surface area contributed by atoms with Crippen LogP contribution in [0.2, 0.25) is 5.02 Å². The van der Waals surface area contributed by atoms with E-state index in [2.05, 4.69) is 13.0 Å². The molecule has 0 radical (unpaired) electrons. The van der Waals surface area contributed by atoms with Gasteiger partial charge >= 0.3 is 0 Å². The summed E-state index contributed by atoms with van der Waals surface area (Å²) in [6.45, 7) is 4.24. The van der Waals surface area contributed by atoms with Gasteiger partial charge in [0.2, 0.25) is 0 Å². The summed E-state index contributed by atoms with van der Waals surface area (Å²) in [5.74, 6) is 0.495. The highest BCUT2D eigenvalue weighted by molar-refractivity contribution is 6.31. The molecular weight excluding hydrogens is 194 g/mol. The molecule has 0 fully saturated rings. The summed E-state index contributed by atoms with van der Waals surface area (Å²) in [5, 5.41) is 0.865. The summed E-state index contributed by atoms with van der Waals surface area (Å²) in [4.78, 5) is 0. The van der Waals surface area contributed by atoms with Crippen molar-refractivity contribution < 1.29 is 0 Å². The zero-order chi connectivity index (χ0) is 10.6. The highest BCUT2D eigenvalue weighted by atomic mass is 35.5. The van der Waals surface area contributed by atoms with Crippen LogP contribution in [0.4, 0.5) is 0 Å². The van der Waals surface area contributed by atoms with Crippen LogP contribution in [0.3, 0.4) is 0 Å². The van der Waals surface area contributed by atoms with E-state index in [1.54, 1.807) is 0 Å². The molecule has 2 atom stereocenters. The van der Waals surface area contributed by atoms with Gasteiger partial charge in [0.1, 0.15) is 0 Å². The van der Waals surface area contributed by atoms with Crippen molar-refractivity contribution in [2.75, 3.05) is 0 Å². The summed E-state index contributed by atoms with van der Waals surface area (Å²) < 4.78 is 0. The Hall–Kier alpha value is -0.530. The van der Waals surface area contributed by atoms with Crippen LogP contribution in [0.25, 0.3) is 0 Å². The molecular formula is C12H18ClN. The highest BCUT2D eigenvalue weighted by Crippen LogP contribution is 2.27. The minimum atomic E-state index is 0.278. The first kappa shape index (κ1) is 11.5. The second kappa shape index (κ2) is 5.38. The molecule has 0 amide bonds. The van der Waals surface area contributed by atoms with Gasteiger partial charge in [-0.05, 0) is 37.3 Å². The molecule has 0 aliphatic heterocycles. The van der Waals surface area contributed by atoms with Crippen molar-refractivity contribution in [3.63, 3.8) is 0 Å². The molecule has 2 heteroatoms. The quantitative estimate of drug-likeness (QED) is 0.810. The van der Waals surface area contributed by atoms with E-state index >= 15 is 0 Å². The average molecular weight is 212 g/mol. The highest BCUT2D eigenvalue weighted by Gasteiger charge is 2.09. The van der Waals surface area contributed by atoms with Gasteiger partial charge in [-0.1, -0.05) is 36.7 Å². The molecule has 0 saturated heterocycles. The second-order valence-corrected chi connectivity index (χ2v) is 4.38. The number of nitrogens with two attached hydrogens (primary N) is 1.